The van der Waals surface area contributed by atoms with Crippen LogP contribution in [0.4, 0.5) is 0 Å². The van der Waals surface area contributed by atoms with Crippen molar-refractivity contribution in [2.24, 2.45) is 0 Å². The first-order valence-corrected chi connectivity index (χ1v) is 12.2. The number of para-hydroxylation sites is 1. The molecule has 0 amide bonds. The zero-order valence-corrected chi connectivity index (χ0v) is 20.4. The number of carbonyl (C=O) groups excluding carboxylic acids is 1. The van der Waals surface area contributed by atoms with Gasteiger partial charge in [0.05, 0.1) is 11.4 Å². The van der Waals surface area contributed by atoms with E-state index in [0.717, 1.165) is 34.4 Å². The minimum absolute atomic E-state index is 0.382. The lowest BCUT2D eigenvalue weighted by molar-refractivity contribution is 0.0734. The molecule has 4 aromatic rings. The van der Waals surface area contributed by atoms with Gasteiger partial charge >= 0.3 is 5.97 Å². The molecule has 0 atom stereocenters. The van der Waals surface area contributed by atoms with Gasteiger partial charge in [-0.2, -0.15) is 0 Å². The van der Waals surface area contributed by atoms with Gasteiger partial charge in [0.2, 0.25) is 0 Å². The molecule has 0 fully saturated rings. The Bertz CT molecular complexity index is 1280. The molecule has 4 heteroatoms. The maximum Gasteiger partial charge on any atom is 0.343 e. The predicted molar refractivity (Wildman–Crippen MR) is 143 cm³/mol. The number of benzene rings is 4. The Labute approximate surface area is 211 Å². The lowest BCUT2D eigenvalue weighted by Crippen LogP contribution is -2.08. The fraction of sp³-hybridized carbons (Fsp3) is 0.129. The van der Waals surface area contributed by atoms with Crippen molar-refractivity contribution >= 4 is 28.7 Å². The van der Waals surface area contributed by atoms with Gasteiger partial charge in [0.1, 0.15) is 18.1 Å². The summed E-state index contributed by atoms with van der Waals surface area (Å²) in [5.41, 5.74) is 5.93. The van der Waals surface area contributed by atoms with E-state index >= 15 is 0 Å². The highest BCUT2D eigenvalue weighted by molar-refractivity contribution is 6.18. The van der Waals surface area contributed by atoms with E-state index in [1.807, 2.05) is 78.9 Å². The van der Waals surface area contributed by atoms with E-state index in [0.29, 0.717) is 23.8 Å². The lowest BCUT2D eigenvalue weighted by atomic mass is 9.88. The molecule has 0 bridgehead atoms. The maximum absolute atomic E-state index is 12.5. The smallest absolute Gasteiger partial charge is 0.343 e. The molecule has 4 aromatic carbocycles. The molecule has 0 aliphatic rings. The minimum Gasteiger partial charge on any atom is -0.492 e. The number of alkyl halides is 1. The number of hydrogen-bond donors (Lipinski definition) is 0. The van der Waals surface area contributed by atoms with Crippen LogP contribution in [0.25, 0.3) is 11.1 Å². The van der Waals surface area contributed by atoms with Crippen molar-refractivity contribution in [2.75, 3.05) is 12.5 Å². The third-order valence-corrected chi connectivity index (χ3v) is 5.79. The summed E-state index contributed by atoms with van der Waals surface area (Å²) in [4.78, 5) is 12.5. The van der Waals surface area contributed by atoms with Crippen LogP contribution in [0, 0.1) is 0 Å². The topological polar surface area (TPSA) is 35.5 Å². The van der Waals surface area contributed by atoms with Crippen molar-refractivity contribution in [3.05, 3.63) is 131 Å². The number of rotatable bonds is 9. The fourth-order valence-electron chi connectivity index (χ4n) is 4.03. The first-order valence-electron chi connectivity index (χ1n) is 11.7. The summed E-state index contributed by atoms with van der Waals surface area (Å²) in [6, 6.07) is 35.0. The number of ether oxygens (including phenoxy) is 2. The Balaban J connectivity index is 1.77. The fourth-order valence-corrected chi connectivity index (χ4v) is 4.11. The highest BCUT2D eigenvalue weighted by Crippen LogP contribution is 2.39. The predicted octanol–water partition coefficient (Wildman–Crippen LogP) is 7.89. The SMILES string of the molecule is CCC(=C(c1ccc(OC(=O)c2ccccc2)cc1)c1ccccc1OCCCl)c1ccccc1. The van der Waals surface area contributed by atoms with Crippen LogP contribution in [0.3, 0.4) is 0 Å². The second kappa shape index (κ2) is 12.0. The molecular weight excluding hydrogens is 456 g/mol. The average molecular weight is 483 g/mol. The summed E-state index contributed by atoms with van der Waals surface area (Å²) in [5.74, 6) is 1.30. The summed E-state index contributed by atoms with van der Waals surface area (Å²) in [5, 5.41) is 0. The van der Waals surface area contributed by atoms with Crippen LogP contribution in [0.1, 0.15) is 40.4 Å². The molecule has 0 saturated carbocycles. The molecule has 35 heavy (non-hydrogen) atoms. The van der Waals surface area contributed by atoms with Crippen LogP contribution in [-0.4, -0.2) is 18.5 Å². The monoisotopic (exact) mass is 482 g/mol. The summed E-state index contributed by atoms with van der Waals surface area (Å²) in [7, 11) is 0. The molecule has 0 unspecified atom stereocenters. The second-order valence-corrected chi connectivity index (χ2v) is 8.26. The van der Waals surface area contributed by atoms with E-state index in [1.54, 1.807) is 12.1 Å². The van der Waals surface area contributed by atoms with Gasteiger partial charge in [0.15, 0.2) is 0 Å². The summed E-state index contributed by atoms with van der Waals surface area (Å²) < 4.78 is 11.6. The Morgan fingerprint density at radius 3 is 1.94 bits per heavy atom. The quantitative estimate of drug-likeness (QED) is 0.105. The second-order valence-electron chi connectivity index (χ2n) is 7.89. The molecule has 0 aliphatic heterocycles. The normalized spacial score (nSPS) is 11.5. The number of halogens is 1. The average Bonchev–Trinajstić information content (AvgIpc) is 2.92. The van der Waals surface area contributed by atoms with E-state index in [-0.39, 0.29) is 5.97 Å². The number of hydrogen-bond acceptors (Lipinski definition) is 3. The van der Waals surface area contributed by atoms with Crippen LogP contribution in [0.5, 0.6) is 11.5 Å². The summed E-state index contributed by atoms with van der Waals surface area (Å²) >= 11 is 5.91. The Morgan fingerprint density at radius 2 is 1.31 bits per heavy atom. The highest BCUT2D eigenvalue weighted by atomic mass is 35.5. The Morgan fingerprint density at radius 1 is 0.714 bits per heavy atom. The number of carbonyl (C=O) groups is 1. The van der Waals surface area contributed by atoms with Crippen molar-refractivity contribution in [3.8, 4) is 11.5 Å². The van der Waals surface area contributed by atoms with E-state index in [9.17, 15) is 4.79 Å². The molecule has 0 N–H and O–H groups in total. The standard InChI is InChI=1S/C31H27ClO3/c1-2-27(23-11-5-3-6-12-23)30(28-15-9-10-16-29(28)34-22-21-32)24-17-19-26(20-18-24)35-31(33)25-13-7-4-8-14-25/h3-20H,2,21-22H2,1H3. The molecule has 0 saturated heterocycles. The van der Waals surface area contributed by atoms with Crippen molar-refractivity contribution < 1.29 is 14.3 Å². The first-order chi connectivity index (χ1) is 17.2. The van der Waals surface area contributed by atoms with Gasteiger partial charge in [0.25, 0.3) is 0 Å². The minimum atomic E-state index is -0.382. The summed E-state index contributed by atoms with van der Waals surface area (Å²) in [6.07, 6.45) is 0.827. The van der Waals surface area contributed by atoms with Gasteiger partial charge in [-0.1, -0.05) is 85.8 Å². The molecule has 3 nitrogen and oxygen atoms in total. The van der Waals surface area contributed by atoms with Crippen LogP contribution < -0.4 is 9.47 Å². The van der Waals surface area contributed by atoms with Crippen LogP contribution in [0.2, 0.25) is 0 Å². The molecule has 0 spiro atoms. The lowest BCUT2D eigenvalue weighted by Gasteiger charge is -2.19. The molecule has 176 valence electrons. The van der Waals surface area contributed by atoms with Crippen molar-refractivity contribution in [1.82, 2.24) is 0 Å². The van der Waals surface area contributed by atoms with Crippen LogP contribution in [-0.2, 0) is 0 Å². The van der Waals surface area contributed by atoms with Crippen molar-refractivity contribution in [2.45, 2.75) is 13.3 Å². The van der Waals surface area contributed by atoms with Gasteiger partial charge in [-0.25, -0.2) is 4.79 Å². The number of esters is 1. The molecule has 0 aliphatic carbocycles. The van der Waals surface area contributed by atoms with E-state index in [2.05, 4.69) is 25.1 Å². The molecule has 0 aromatic heterocycles. The molecule has 4 rings (SSSR count). The van der Waals surface area contributed by atoms with Gasteiger partial charge < -0.3 is 9.47 Å². The summed E-state index contributed by atoms with van der Waals surface area (Å²) in [6.45, 7) is 2.58. The van der Waals surface area contributed by atoms with Crippen LogP contribution in [0.15, 0.2) is 109 Å². The maximum atomic E-state index is 12.5. The van der Waals surface area contributed by atoms with Gasteiger partial charge in [-0.15, -0.1) is 11.6 Å². The van der Waals surface area contributed by atoms with Crippen molar-refractivity contribution in [1.29, 1.82) is 0 Å². The van der Waals surface area contributed by atoms with E-state index in [1.165, 1.54) is 5.57 Å². The van der Waals surface area contributed by atoms with E-state index < -0.39 is 0 Å². The Hall–Kier alpha value is -3.82. The van der Waals surface area contributed by atoms with Gasteiger partial charge in [-0.05, 0) is 59.0 Å². The van der Waals surface area contributed by atoms with Gasteiger partial charge in [0, 0.05) is 5.56 Å². The zero-order chi connectivity index (χ0) is 24.5. The first kappa shape index (κ1) is 24.3. The highest BCUT2D eigenvalue weighted by Gasteiger charge is 2.17. The third kappa shape index (κ3) is 6.00. The molecule has 0 radical (unpaired) electrons. The van der Waals surface area contributed by atoms with Crippen LogP contribution >= 0.6 is 11.6 Å². The third-order valence-electron chi connectivity index (χ3n) is 5.63. The zero-order valence-electron chi connectivity index (χ0n) is 19.6. The largest absolute Gasteiger partial charge is 0.492 e. The number of allylic oxidation sites excluding steroid dienone is 1. The molecule has 0 heterocycles. The molecular formula is C31H27ClO3. The van der Waals surface area contributed by atoms with Crippen molar-refractivity contribution in [3.63, 3.8) is 0 Å². The van der Waals surface area contributed by atoms with Gasteiger partial charge in [-0.3, -0.25) is 0 Å². The van der Waals surface area contributed by atoms with E-state index in [4.69, 9.17) is 21.1 Å². The Kier molecular flexibility index (Phi) is 8.37.